The molecule has 1 aromatic heterocycles. The Morgan fingerprint density at radius 3 is 2.16 bits per heavy atom. The van der Waals surface area contributed by atoms with Crippen molar-refractivity contribution in [3.63, 3.8) is 0 Å². The number of ether oxygens (including phenoxy) is 1. The van der Waals surface area contributed by atoms with E-state index in [1.54, 1.807) is 0 Å². The summed E-state index contributed by atoms with van der Waals surface area (Å²) in [6.45, 7) is 13.9. The van der Waals surface area contributed by atoms with Gasteiger partial charge in [-0.1, -0.05) is 17.7 Å². The summed E-state index contributed by atoms with van der Waals surface area (Å²) >= 11 is 0. The maximum Gasteiger partial charge on any atom is 0.232 e. The van der Waals surface area contributed by atoms with Gasteiger partial charge in [0.1, 0.15) is 5.82 Å². The fourth-order valence-corrected chi connectivity index (χ4v) is 3.50. The van der Waals surface area contributed by atoms with Gasteiger partial charge in [-0.15, -0.1) is 0 Å². The summed E-state index contributed by atoms with van der Waals surface area (Å²) in [4.78, 5) is 15.8. The molecule has 0 aliphatic carbocycles. The third kappa shape index (κ3) is 4.07. The normalized spacial score (nSPS) is 20.6. The third-order valence-electron chi connectivity index (χ3n) is 4.35. The Hall–Kier alpha value is -2.21. The largest absolute Gasteiger partial charge is 0.372 e. The summed E-state index contributed by atoms with van der Waals surface area (Å²) in [7, 11) is 0. The van der Waals surface area contributed by atoms with Gasteiger partial charge >= 0.3 is 0 Å². The molecule has 2 atom stereocenters. The second-order valence-electron chi connectivity index (χ2n) is 7.07. The first kappa shape index (κ1) is 17.6. The molecule has 1 saturated heterocycles. The molecule has 0 saturated carbocycles. The number of anilines is 3. The predicted octanol–water partition coefficient (Wildman–Crippen LogP) is 3.46. The van der Waals surface area contributed by atoms with E-state index in [1.807, 2.05) is 6.92 Å². The van der Waals surface area contributed by atoms with Crippen LogP contribution in [0, 0.1) is 27.7 Å². The minimum atomic E-state index is 0.166. The lowest BCUT2D eigenvalue weighted by atomic mass is 10.1. The van der Waals surface area contributed by atoms with Crippen LogP contribution in [0.15, 0.2) is 12.1 Å². The highest BCUT2D eigenvalue weighted by atomic mass is 16.5. The van der Waals surface area contributed by atoms with E-state index in [9.17, 15) is 0 Å². The minimum Gasteiger partial charge on any atom is -0.372 e. The first-order valence-electron chi connectivity index (χ1n) is 8.80. The molecule has 0 radical (unpaired) electrons. The Bertz CT molecular complexity index is 743. The van der Waals surface area contributed by atoms with Gasteiger partial charge in [-0.25, -0.2) is 0 Å². The van der Waals surface area contributed by atoms with E-state index in [0.717, 1.165) is 18.8 Å². The van der Waals surface area contributed by atoms with Crippen LogP contribution in [-0.2, 0) is 4.74 Å². The van der Waals surface area contributed by atoms with Crippen molar-refractivity contribution < 1.29 is 4.74 Å². The average Bonchev–Trinajstić information content (AvgIpc) is 2.49. The molecule has 25 heavy (non-hydrogen) atoms. The number of aryl methyl sites for hydroxylation is 4. The molecule has 1 aliphatic rings. The lowest BCUT2D eigenvalue weighted by Crippen LogP contribution is -2.46. The zero-order valence-corrected chi connectivity index (χ0v) is 15.9. The SMILES string of the molecule is Cc1cc(C)c(Nc2nc(C)nc(N3CC(C)OC(C)C3)n2)c(C)c1. The number of benzene rings is 1. The number of hydrogen-bond donors (Lipinski definition) is 1. The van der Waals surface area contributed by atoms with Crippen LogP contribution in [0.4, 0.5) is 17.6 Å². The van der Waals surface area contributed by atoms with Crippen molar-refractivity contribution in [1.82, 2.24) is 15.0 Å². The van der Waals surface area contributed by atoms with E-state index >= 15 is 0 Å². The zero-order chi connectivity index (χ0) is 18.1. The molecule has 6 heteroatoms. The number of aromatic nitrogens is 3. The second kappa shape index (κ2) is 6.96. The van der Waals surface area contributed by atoms with Gasteiger partial charge in [0.05, 0.1) is 12.2 Å². The first-order chi connectivity index (χ1) is 11.8. The van der Waals surface area contributed by atoms with Crippen LogP contribution >= 0.6 is 0 Å². The van der Waals surface area contributed by atoms with Gasteiger partial charge in [0, 0.05) is 18.8 Å². The first-order valence-corrected chi connectivity index (χ1v) is 8.80. The molecule has 134 valence electrons. The van der Waals surface area contributed by atoms with Crippen molar-refractivity contribution in [3.8, 4) is 0 Å². The van der Waals surface area contributed by atoms with Crippen LogP contribution in [0.2, 0.25) is 0 Å². The Morgan fingerprint density at radius 2 is 1.56 bits per heavy atom. The highest BCUT2D eigenvalue weighted by Crippen LogP contribution is 2.25. The van der Waals surface area contributed by atoms with E-state index < -0.39 is 0 Å². The molecule has 1 N–H and O–H groups in total. The number of morpholine rings is 1. The van der Waals surface area contributed by atoms with Crippen LogP contribution in [0.3, 0.4) is 0 Å². The minimum absolute atomic E-state index is 0.166. The van der Waals surface area contributed by atoms with Gasteiger partial charge < -0.3 is 15.0 Å². The Balaban J connectivity index is 1.90. The summed E-state index contributed by atoms with van der Waals surface area (Å²) in [6.07, 6.45) is 0.331. The second-order valence-corrected chi connectivity index (χ2v) is 7.07. The topological polar surface area (TPSA) is 63.2 Å². The number of hydrogen-bond acceptors (Lipinski definition) is 6. The molecular formula is C19H27N5O. The van der Waals surface area contributed by atoms with Crippen LogP contribution in [-0.4, -0.2) is 40.2 Å². The molecule has 2 heterocycles. The van der Waals surface area contributed by atoms with Gasteiger partial charge in [0.2, 0.25) is 11.9 Å². The van der Waals surface area contributed by atoms with E-state index in [1.165, 1.54) is 16.7 Å². The number of nitrogens with one attached hydrogen (secondary N) is 1. The van der Waals surface area contributed by atoms with Gasteiger partial charge in [-0.2, -0.15) is 15.0 Å². The van der Waals surface area contributed by atoms with Crippen molar-refractivity contribution >= 4 is 17.6 Å². The van der Waals surface area contributed by atoms with Crippen molar-refractivity contribution in [2.75, 3.05) is 23.3 Å². The Kier molecular flexibility index (Phi) is 4.90. The van der Waals surface area contributed by atoms with Crippen LogP contribution in [0.5, 0.6) is 0 Å². The maximum absolute atomic E-state index is 5.81. The molecular weight excluding hydrogens is 314 g/mol. The van der Waals surface area contributed by atoms with E-state index in [2.05, 4.69) is 71.9 Å². The summed E-state index contributed by atoms with van der Waals surface area (Å²) in [5.74, 6) is 2.01. The molecule has 1 aliphatic heterocycles. The van der Waals surface area contributed by atoms with Crippen LogP contribution in [0.25, 0.3) is 0 Å². The van der Waals surface area contributed by atoms with Crippen molar-refractivity contribution in [2.24, 2.45) is 0 Å². The Labute approximate surface area is 149 Å². The summed E-state index contributed by atoms with van der Waals surface area (Å²) in [5.41, 5.74) is 4.69. The van der Waals surface area contributed by atoms with E-state index in [4.69, 9.17) is 4.74 Å². The number of nitrogens with zero attached hydrogens (tertiary/aromatic N) is 4. The maximum atomic E-state index is 5.81. The summed E-state index contributed by atoms with van der Waals surface area (Å²) in [5, 5.41) is 3.39. The Morgan fingerprint density at radius 1 is 0.960 bits per heavy atom. The molecule has 2 unspecified atom stereocenters. The van der Waals surface area contributed by atoms with Gasteiger partial charge in [-0.05, 0) is 52.7 Å². The third-order valence-corrected chi connectivity index (χ3v) is 4.35. The standard InChI is InChI=1S/C19H27N5O/c1-11-7-12(2)17(13(3)8-11)22-18-20-16(6)21-19(23-18)24-9-14(4)25-15(5)10-24/h7-8,14-15H,9-10H2,1-6H3,(H,20,21,22,23). The lowest BCUT2D eigenvalue weighted by Gasteiger charge is -2.35. The summed E-state index contributed by atoms with van der Waals surface area (Å²) in [6, 6.07) is 4.32. The highest BCUT2D eigenvalue weighted by Gasteiger charge is 2.24. The van der Waals surface area contributed by atoms with Gasteiger partial charge in [0.25, 0.3) is 0 Å². The lowest BCUT2D eigenvalue weighted by molar-refractivity contribution is -0.00573. The molecule has 2 aromatic rings. The zero-order valence-electron chi connectivity index (χ0n) is 15.9. The molecule has 0 bridgehead atoms. The summed E-state index contributed by atoms with van der Waals surface area (Å²) < 4.78 is 5.81. The fraction of sp³-hybridized carbons (Fsp3) is 0.526. The van der Waals surface area contributed by atoms with Crippen molar-refractivity contribution in [1.29, 1.82) is 0 Å². The fourth-order valence-electron chi connectivity index (χ4n) is 3.50. The molecule has 1 aromatic carbocycles. The van der Waals surface area contributed by atoms with E-state index in [0.29, 0.717) is 17.7 Å². The van der Waals surface area contributed by atoms with Gasteiger partial charge in [0.15, 0.2) is 0 Å². The number of rotatable bonds is 3. The molecule has 3 rings (SSSR count). The smallest absolute Gasteiger partial charge is 0.232 e. The predicted molar refractivity (Wildman–Crippen MR) is 101 cm³/mol. The quantitative estimate of drug-likeness (QED) is 0.922. The monoisotopic (exact) mass is 341 g/mol. The van der Waals surface area contributed by atoms with Crippen LogP contribution < -0.4 is 10.2 Å². The van der Waals surface area contributed by atoms with Crippen molar-refractivity contribution in [2.45, 2.75) is 53.8 Å². The van der Waals surface area contributed by atoms with Crippen molar-refractivity contribution in [3.05, 3.63) is 34.6 Å². The average molecular weight is 341 g/mol. The molecule has 0 spiro atoms. The molecule has 0 amide bonds. The van der Waals surface area contributed by atoms with Crippen LogP contribution in [0.1, 0.15) is 36.4 Å². The van der Waals surface area contributed by atoms with Gasteiger partial charge in [-0.3, -0.25) is 0 Å². The molecule has 6 nitrogen and oxygen atoms in total. The highest BCUT2D eigenvalue weighted by molar-refractivity contribution is 5.64. The molecule has 1 fully saturated rings. The van der Waals surface area contributed by atoms with E-state index in [-0.39, 0.29) is 12.2 Å².